The van der Waals surface area contributed by atoms with Crippen molar-refractivity contribution in [3.8, 4) is 17.5 Å². The Bertz CT molecular complexity index is 612. The average molecular weight is 259 g/mol. The second-order valence-corrected chi connectivity index (χ2v) is 4.36. The lowest BCUT2D eigenvalue weighted by atomic mass is 10.1. The van der Waals surface area contributed by atoms with Gasteiger partial charge in [-0.15, -0.1) is 0 Å². The van der Waals surface area contributed by atoms with Crippen LogP contribution in [0.2, 0.25) is 0 Å². The highest BCUT2D eigenvalue weighted by atomic mass is 16.5. The summed E-state index contributed by atoms with van der Waals surface area (Å²) in [6.07, 6.45) is 0. The van der Waals surface area contributed by atoms with E-state index in [1.807, 2.05) is 26.8 Å². The minimum absolute atomic E-state index is 0.123. The third-order valence-electron chi connectivity index (χ3n) is 2.99. The molecule has 0 aliphatic heterocycles. The van der Waals surface area contributed by atoms with Gasteiger partial charge in [-0.3, -0.25) is 0 Å². The molecule has 0 bridgehead atoms. The van der Waals surface area contributed by atoms with Gasteiger partial charge in [0.1, 0.15) is 5.75 Å². The maximum Gasteiger partial charge on any atom is 0.227 e. The molecule has 1 aromatic carbocycles. The van der Waals surface area contributed by atoms with Crippen LogP contribution in [0.4, 0.5) is 5.95 Å². The molecule has 1 heterocycles. The molecule has 0 fully saturated rings. The first-order valence-corrected chi connectivity index (χ1v) is 5.94. The number of anilines is 1. The molecule has 2 aromatic rings. The van der Waals surface area contributed by atoms with Crippen LogP contribution in [0.1, 0.15) is 16.7 Å². The standard InChI is InChI=1S/C14H17N3O2/c1-8-5-6-9(2)13(10(8)3)19-12-7-11(18-4)16-14(15)17-12/h5-7H,1-4H3,(H2,15,16,17). The van der Waals surface area contributed by atoms with Gasteiger partial charge >= 0.3 is 0 Å². The van der Waals surface area contributed by atoms with Crippen molar-refractivity contribution in [3.63, 3.8) is 0 Å². The number of hydrogen-bond donors (Lipinski definition) is 1. The normalized spacial score (nSPS) is 10.3. The molecule has 0 aliphatic rings. The predicted molar refractivity (Wildman–Crippen MR) is 73.7 cm³/mol. The third kappa shape index (κ3) is 2.76. The number of nitrogens with zero attached hydrogens (tertiary/aromatic N) is 2. The molecular formula is C14H17N3O2. The number of nitrogen functional groups attached to an aromatic ring is 1. The molecule has 0 saturated carbocycles. The Morgan fingerprint density at radius 3 is 2.32 bits per heavy atom. The highest BCUT2D eigenvalue weighted by molar-refractivity contribution is 5.46. The first kappa shape index (κ1) is 13.1. The summed E-state index contributed by atoms with van der Waals surface area (Å²) in [4.78, 5) is 7.97. The summed E-state index contributed by atoms with van der Waals surface area (Å²) in [6, 6.07) is 5.68. The number of aromatic nitrogens is 2. The van der Waals surface area contributed by atoms with E-state index >= 15 is 0 Å². The van der Waals surface area contributed by atoms with E-state index < -0.39 is 0 Å². The Morgan fingerprint density at radius 1 is 1.00 bits per heavy atom. The van der Waals surface area contributed by atoms with Crippen molar-refractivity contribution in [3.05, 3.63) is 34.9 Å². The van der Waals surface area contributed by atoms with Crippen LogP contribution in [0.5, 0.6) is 17.5 Å². The largest absolute Gasteiger partial charge is 0.481 e. The number of ether oxygens (including phenoxy) is 2. The van der Waals surface area contributed by atoms with E-state index in [9.17, 15) is 0 Å². The van der Waals surface area contributed by atoms with Gasteiger partial charge in [-0.25, -0.2) is 0 Å². The van der Waals surface area contributed by atoms with Gasteiger partial charge in [0.05, 0.1) is 13.2 Å². The molecule has 0 amide bonds. The van der Waals surface area contributed by atoms with Crippen molar-refractivity contribution < 1.29 is 9.47 Å². The summed E-state index contributed by atoms with van der Waals surface area (Å²) < 4.78 is 10.9. The molecule has 0 unspecified atom stereocenters. The zero-order chi connectivity index (χ0) is 14.0. The summed E-state index contributed by atoms with van der Waals surface area (Å²) in [6.45, 7) is 6.04. The van der Waals surface area contributed by atoms with E-state index in [1.165, 1.54) is 7.11 Å². The number of nitrogens with two attached hydrogens (primary N) is 1. The van der Waals surface area contributed by atoms with Crippen LogP contribution in [-0.2, 0) is 0 Å². The third-order valence-corrected chi connectivity index (χ3v) is 2.99. The Balaban J connectivity index is 2.41. The van der Waals surface area contributed by atoms with Gasteiger partial charge in [0.2, 0.25) is 17.7 Å². The molecule has 2 N–H and O–H groups in total. The van der Waals surface area contributed by atoms with Gasteiger partial charge in [-0.05, 0) is 37.5 Å². The molecule has 0 atom stereocenters. The summed E-state index contributed by atoms with van der Waals surface area (Å²) in [7, 11) is 1.52. The van der Waals surface area contributed by atoms with Crippen LogP contribution in [0.3, 0.4) is 0 Å². The lowest BCUT2D eigenvalue weighted by Gasteiger charge is -2.13. The second-order valence-electron chi connectivity index (χ2n) is 4.36. The number of methoxy groups -OCH3 is 1. The van der Waals surface area contributed by atoms with Crippen LogP contribution < -0.4 is 15.2 Å². The quantitative estimate of drug-likeness (QED) is 0.917. The molecule has 1 aromatic heterocycles. The minimum atomic E-state index is 0.123. The van der Waals surface area contributed by atoms with E-state index in [-0.39, 0.29) is 5.95 Å². The van der Waals surface area contributed by atoms with Gasteiger partial charge in [0, 0.05) is 0 Å². The molecule has 19 heavy (non-hydrogen) atoms. The summed E-state index contributed by atoms with van der Waals surface area (Å²) >= 11 is 0. The maximum absolute atomic E-state index is 5.83. The number of aryl methyl sites for hydroxylation is 2. The van der Waals surface area contributed by atoms with Crippen molar-refractivity contribution in [2.24, 2.45) is 0 Å². The number of rotatable bonds is 3. The van der Waals surface area contributed by atoms with Crippen molar-refractivity contribution in [1.82, 2.24) is 9.97 Å². The highest BCUT2D eigenvalue weighted by Crippen LogP contribution is 2.30. The lowest BCUT2D eigenvalue weighted by Crippen LogP contribution is -2.01. The summed E-state index contributed by atoms with van der Waals surface area (Å²) in [5.41, 5.74) is 8.89. The first-order chi connectivity index (χ1) is 9.01. The minimum Gasteiger partial charge on any atom is -0.481 e. The van der Waals surface area contributed by atoms with E-state index in [4.69, 9.17) is 15.2 Å². The van der Waals surface area contributed by atoms with Crippen molar-refractivity contribution in [1.29, 1.82) is 0 Å². The Hall–Kier alpha value is -2.30. The maximum atomic E-state index is 5.83. The van der Waals surface area contributed by atoms with Crippen molar-refractivity contribution >= 4 is 5.95 Å². The van der Waals surface area contributed by atoms with Gasteiger partial charge in [0.15, 0.2) is 0 Å². The molecule has 5 nitrogen and oxygen atoms in total. The zero-order valence-corrected chi connectivity index (χ0v) is 11.5. The first-order valence-electron chi connectivity index (χ1n) is 5.94. The topological polar surface area (TPSA) is 70.3 Å². The fraction of sp³-hybridized carbons (Fsp3) is 0.286. The van der Waals surface area contributed by atoms with Crippen LogP contribution in [0.15, 0.2) is 18.2 Å². The smallest absolute Gasteiger partial charge is 0.227 e. The molecule has 0 saturated heterocycles. The van der Waals surface area contributed by atoms with E-state index in [0.717, 1.165) is 22.4 Å². The van der Waals surface area contributed by atoms with E-state index in [1.54, 1.807) is 6.07 Å². The molecule has 0 spiro atoms. The van der Waals surface area contributed by atoms with Crippen molar-refractivity contribution in [2.45, 2.75) is 20.8 Å². The second kappa shape index (κ2) is 5.14. The average Bonchev–Trinajstić information content (AvgIpc) is 2.38. The van der Waals surface area contributed by atoms with Crippen LogP contribution in [0, 0.1) is 20.8 Å². The Labute approximate surface area is 112 Å². The SMILES string of the molecule is COc1cc(Oc2c(C)ccc(C)c2C)nc(N)n1. The van der Waals surface area contributed by atoms with Crippen LogP contribution in [0.25, 0.3) is 0 Å². The fourth-order valence-electron chi connectivity index (χ4n) is 1.76. The molecule has 0 radical (unpaired) electrons. The zero-order valence-electron chi connectivity index (χ0n) is 11.5. The molecule has 2 rings (SSSR count). The fourth-order valence-corrected chi connectivity index (χ4v) is 1.76. The van der Waals surface area contributed by atoms with Crippen LogP contribution in [-0.4, -0.2) is 17.1 Å². The van der Waals surface area contributed by atoms with Crippen LogP contribution >= 0.6 is 0 Å². The van der Waals surface area contributed by atoms with Crippen molar-refractivity contribution in [2.75, 3.05) is 12.8 Å². The lowest BCUT2D eigenvalue weighted by molar-refractivity contribution is 0.388. The Kier molecular flexibility index (Phi) is 3.55. The summed E-state index contributed by atoms with van der Waals surface area (Å²) in [5.74, 6) is 1.67. The molecule has 100 valence electrons. The Morgan fingerprint density at radius 2 is 1.63 bits per heavy atom. The summed E-state index contributed by atoms with van der Waals surface area (Å²) in [5, 5.41) is 0. The molecule has 5 heteroatoms. The number of benzene rings is 1. The van der Waals surface area contributed by atoms with Gasteiger partial charge < -0.3 is 15.2 Å². The molecule has 0 aliphatic carbocycles. The van der Waals surface area contributed by atoms with Gasteiger partial charge in [-0.1, -0.05) is 12.1 Å². The van der Waals surface area contributed by atoms with E-state index in [0.29, 0.717) is 11.8 Å². The molecular weight excluding hydrogens is 242 g/mol. The monoisotopic (exact) mass is 259 g/mol. The highest BCUT2D eigenvalue weighted by Gasteiger charge is 2.10. The van der Waals surface area contributed by atoms with E-state index in [2.05, 4.69) is 16.0 Å². The number of hydrogen-bond acceptors (Lipinski definition) is 5. The van der Waals surface area contributed by atoms with Gasteiger partial charge in [-0.2, -0.15) is 9.97 Å². The predicted octanol–water partition coefficient (Wildman–Crippen LogP) is 2.78. The van der Waals surface area contributed by atoms with Gasteiger partial charge in [0.25, 0.3) is 0 Å².